The summed E-state index contributed by atoms with van der Waals surface area (Å²) < 4.78 is 2.50. The van der Waals surface area contributed by atoms with Crippen LogP contribution in [0.3, 0.4) is 0 Å². The van der Waals surface area contributed by atoms with Gasteiger partial charge in [0.1, 0.15) is 5.75 Å². The highest BCUT2D eigenvalue weighted by molar-refractivity contribution is 7.80. The Balaban J connectivity index is 1.68. The number of aromatic nitrogens is 2. The van der Waals surface area contributed by atoms with Crippen molar-refractivity contribution in [2.45, 2.75) is 57.7 Å². The second kappa shape index (κ2) is 8.41. The van der Waals surface area contributed by atoms with E-state index in [0.29, 0.717) is 21.9 Å². The standard InChI is InChI=1S/C25H27ClN4OS/c1-15-13-19(16(2)29(15)18-7-3-4-8-18)24-23(20-9-5-6-12-27-20)28-25(32)30(24)21-14-17(26)10-11-22(21)31/h5-6,9-14,18,23-24,31H,3-4,7-8H2,1-2H3,(H,28,32)/t23-,24+/m0/s1. The summed E-state index contributed by atoms with van der Waals surface area (Å²) in [5.74, 6) is 0.148. The molecule has 1 aromatic carbocycles. The highest BCUT2D eigenvalue weighted by atomic mass is 35.5. The maximum atomic E-state index is 10.7. The molecule has 1 saturated heterocycles. The first-order valence-corrected chi connectivity index (χ1v) is 11.9. The van der Waals surface area contributed by atoms with Crippen LogP contribution in [0.4, 0.5) is 5.69 Å². The molecule has 0 amide bonds. The van der Waals surface area contributed by atoms with Gasteiger partial charge in [-0.3, -0.25) is 4.98 Å². The Hall–Kier alpha value is -2.57. The molecule has 0 radical (unpaired) electrons. The zero-order chi connectivity index (χ0) is 22.4. The van der Waals surface area contributed by atoms with Gasteiger partial charge in [-0.05, 0) is 80.9 Å². The van der Waals surface area contributed by atoms with E-state index in [-0.39, 0.29) is 17.8 Å². The van der Waals surface area contributed by atoms with Crippen LogP contribution in [0, 0.1) is 13.8 Å². The topological polar surface area (TPSA) is 53.3 Å². The van der Waals surface area contributed by atoms with Crippen LogP contribution in [0.5, 0.6) is 5.75 Å². The van der Waals surface area contributed by atoms with E-state index in [1.165, 1.54) is 42.6 Å². The number of phenolic OH excluding ortho intramolecular Hbond substituents is 1. The summed E-state index contributed by atoms with van der Waals surface area (Å²) in [5, 5.41) is 15.3. The maximum Gasteiger partial charge on any atom is 0.174 e. The van der Waals surface area contributed by atoms with E-state index >= 15 is 0 Å². The van der Waals surface area contributed by atoms with Gasteiger partial charge in [0, 0.05) is 28.6 Å². The average Bonchev–Trinajstić information content (AvgIpc) is 3.48. The number of anilines is 1. The van der Waals surface area contributed by atoms with Crippen LogP contribution < -0.4 is 10.2 Å². The number of thiocarbonyl (C=S) groups is 1. The van der Waals surface area contributed by atoms with E-state index in [9.17, 15) is 5.11 Å². The molecule has 1 aliphatic carbocycles. The first kappa shape index (κ1) is 21.3. The fraction of sp³-hybridized carbons (Fsp3) is 0.360. The molecule has 5 nitrogen and oxygen atoms in total. The first-order chi connectivity index (χ1) is 15.5. The second-order valence-corrected chi connectivity index (χ2v) is 9.59. The van der Waals surface area contributed by atoms with Gasteiger partial charge in [0.15, 0.2) is 5.11 Å². The lowest BCUT2D eigenvalue weighted by Crippen LogP contribution is -2.29. The summed E-state index contributed by atoms with van der Waals surface area (Å²) in [5.41, 5.74) is 5.21. The molecule has 0 spiro atoms. The molecule has 2 atom stereocenters. The van der Waals surface area contributed by atoms with Crippen molar-refractivity contribution < 1.29 is 5.11 Å². The van der Waals surface area contributed by atoms with Crippen LogP contribution in [0.15, 0.2) is 48.7 Å². The number of nitrogens with one attached hydrogen (secondary N) is 1. The van der Waals surface area contributed by atoms with Gasteiger partial charge in [0.05, 0.1) is 23.5 Å². The summed E-state index contributed by atoms with van der Waals surface area (Å²) in [6.45, 7) is 4.39. The molecule has 0 bridgehead atoms. The molecular formula is C25H27ClN4OS. The molecule has 2 N–H and O–H groups in total. The predicted octanol–water partition coefficient (Wildman–Crippen LogP) is 6.15. The zero-order valence-electron chi connectivity index (χ0n) is 18.3. The minimum absolute atomic E-state index is 0.148. The molecule has 0 unspecified atom stereocenters. The lowest BCUT2D eigenvalue weighted by Gasteiger charge is -2.29. The summed E-state index contributed by atoms with van der Waals surface area (Å²) in [7, 11) is 0. The van der Waals surface area contributed by atoms with Gasteiger partial charge >= 0.3 is 0 Å². The van der Waals surface area contributed by atoms with Crippen LogP contribution in [-0.2, 0) is 0 Å². The van der Waals surface area contributed by atoms with Gasteiger partial charge in [-0.15, -0.1) is 0 Å². The van der Waals surface area contributed by atoms with Crippen molar-refractivity contribution >= 4 is 34.6 Å². The highest BCUT2D eigenvalue weighted by Crippen LogP contribution is 2.47. The Kier molecular flexibility index (Phi) is 5.59. The van der Waals surface area contributed by atoms with Crippen molar-refractivity contribution in [3.63, 3.8) is 0 Å². The second-order valence-electron chi connectivity index (χ2n) is 8.76. The lowest BCUT2D eigenvalue weighted by molar-refractivity contribution is 0.472. The molecule has 2 aliphatic rings. The van der Waals surface area contributed by atoms with E-state index in [0.717, 1.165) is 5.69 Å². The third-order valence-corrected chi connectivity index (χ3v) is 7.38. The number of rotatable bonds is 4. The van der Waals surface area contributed by atoms with Gasteiger partial charge in [-0.2, -0.15) is 0 Å². The van der Waals surface area contributed by atoms with Crippen molar-refractivity contribution in [2.24, 2.45) is 0 Å². The van der Waals surface area contributed by atoms with E-state index in [1.807, 2.05) is 23.1 Å². The first-order valence-electron chi connectivity index (χ1n) is 11.1. The number of aromatic hydroxyl groups is 1. The van der Waals surface area contributed by atoms with E-state index in [2.05, 4.69) is 34.8 Å². The van der Waals surface area contributed by atoms with Crippen molar-refractivity contribution in [3.05, 3.63) is 76.3 Å². The Morgan fingerprint density at radius 1 is 1.12 bits per heavy atom. The summed E-state index contributed by atoms with van der Waals surface area (Å²) in [6.07, 6.45) is 6.81. The van der Waals surface area contributed by atoms with Crippen molar-refractivity contribution in [3.8, 4) is 5.75 Å². The number of halogens is 1. The summed E-state index contributed by atoms with van der Waals surface area (Å²) >= 11 is 12.1. The largest absolute Gasteiger partial charge is 0.506 e. The molecule has 3 heterocycles. The lowest BCUT2D eigenvalue weighted by atomic mass is 9.96. The van der Waals surface area contributed by atoms with Crippen LogP contribution in [0.1, 0.15) is 66.5 Å². The Bertz CT molecular complexity index is 1160. The highest BCUT2D eigenvalue weighted by Gasteiger charge is 2.43. The normalized spacial score (nSPS) is 21.3. The molecule has 166 valence electrons. The number of benzene rings is 1. The molecule has 1 saturated carbocycles. The predicted molar refractivity (Wildman–Crippen MR) is 132 cm³/mol. The number of pyridine rings is 1. The van der Waals surface area contributed by atoms with E-state index < -0.39 is 0 Å². The van der Waals surface area contributed by atoms with Crippen molar-refractivity contribution in [2.75, 3.05) is 4.90 Å². The Labute approximate surface area is 199 Å². The third-order valence-electron chi connectivity index (χ3n) is 6.83. The SMILES string of the molecule is Cc1cc([C@@H]2[C@H](c3ccccn3)NC(=S)N2c2cc(Cl)ccc2O)c(C)n1C1CCCC1. The Morgan fingerprint density at radius 2 is 1.91 bits per heavy atom. The van der Waals surface area contributed by atoms with Gasteiger partial charge in [0.2, 0.25) is 0 Å². The number of hydrogen-bond donors (Lipinski definition) is 2. The Morgan fingerprint density at radius 3 is 2.62 bits per heavy atom. The van der Waals surface area contributed by atoms with Crippen LogP contribution in [0.25, 0.3) is 0 Å². The monoisotopic (exact) mass is 466 g/mol. The number of phenols is 1. The molecule has 5 rings (SSSR count). The van der Waals surface area contributed by atoms with E-state index in [1.54, 1.807) is 24.4 Å². The molecule has 7 heteroatoms. The third kappa shape index (κ3) is 3.55. The number of hydrogen-bond acceptors (Lipinski definition) is 3. The van der Waals surface area contributed by atoms with Crippen LogP contribution in [0.2, 0.25) is 5.02 Å². The van der Waals surface area contributed by atoms with Gasteiger partial charge in [0.25, 0.3) is 0 Å². The van der Waals surface area contributed by atoms with Gasteiger partial charge in [-0.25, -0.2) is 0 Å². The van der Waals surface area contributed by atoms with E-state index in [4.69, 9.17) is 23.8 Å². The fourth-order valence-electron chi connectivity index (χ4n) is 5.45. The van der Waals surface area contributed by atoms with Crippen LogP contribution in [-0.4, -0.2) is 19.8 Å². The smallest absolute Gasteiger partial charge is 0.174 e. The maximum absolute atomic E-state index is 10.7. The molecule has 32 heavy (non-hydrogen) atoms. The number of nitrogens with zero attached hydrogens (tertiary/aromatic N) is 3. The van der Waals surface area contributed by atoms with Gasteiger partial charge in [-0.1, -0.05) is 30.5 Å². The molecular weight excluding hydrogens is 440 g/mol. The minimum Gasteiger partial charge on any atom is -0.506 e. The number of aryl methyl sites for hydroxylation is 1. The van der Waals surface area contributed by atoms with Gasteiger partial charge < -0.3 is 19.9 Å². The van der Waals surface area contributed by atoms with Crippen LogP contribution >= 0.6 is 23.8 Å². The molecule has 2 fully saturated rings. The quantitative estimate of drug-likeness (QED) is 0.451. The molecule has 2 aromatic heterocycles. The molecule has 3 aromatic rings. The zero-order valence-corrected chi connectivity index (χ0v) is 19.8. The van der Waals surface area contributed by atoms with Crippen molar-refractivity contribution in [1.29, 1.82) is 0 Å². The molecule has 1 aliphatic heterocycles. The fourth-order valence-corrected chi connectivity index (χ4v) is 5.95. The van der Waals surface area contributed by atoms with Crippen molar-refractivity contribution in [1.82, 2.24) is 14.9 Å². The summed E-state index contributed by atoms with van der Waals surface area (Å²) in [4.78, 5) is 6.63. The minimum atomic E-state index is -0.164. The average molecular weight is 467 g/mol. The summed E-state index contributed by atoms with van der Waals surface area (Å²) in [6, 6.07) is 13.5.